The normalized spacial score (nSPS) is 19.4. The van der Waals surface area contributed by atoms with Crippen molar-refractivity contribution in [3.63, 3.8) is 0 Å². The molecule has 1 aromatic carbocycles. The van der Waals surface area contributed by atoms with Gasteiger partial charge in [-0.05, 0) is 37.5 Å². The van der Waals surface area contributed by atoms with E-state index < -0.39 is 0 Å². The summed E-state index contributed by atoms with van der Waals surface area (Å²) in [6.07, 6.45) is 4.60. The van der Waals surface area contributed by atoms with Crippen molar-refractivity contribution in [3.05, 3.63) is 57.6 Å². The van der Waals surface area contributed by atoms with Crippen LogP contribution in [0.2, 0.25) is 5.02 Å². The monoisotopic (exact) mass is 411 g/mol. The van der Waals surface area contributed by atoms with Crippen molar-refractivity contribution in [2.45, 2.75) is 25.3 Å². The Balaban J connectivity index is 1.35. The number of hydrogen-bond acceptors (Lipinski definition) is 4. The second-order valence-electron chi connectivity index (χ2n) is 7.80. The zero-order chi connectivity index (χ0) is 20.0. The van der Waals surface area contributed by atoms with E-state index in [1.165, 1.54) is 4.68 Å². The molecule has 2 aliphatic rings. The van der Waals surface area contributed by atoms with E-state index in [0.717, 1.165) is 48.9 Å². The molecule has 0 spiro atoms. The van der Waals surface area contributed by atoms with Gasteiger partial charge in [0.25, 0.3) is 11.5 Å². The molecule has 4 heterocycles. The largest absolute Gasteiger partial charge is 0.370 e. The van der Waals surface area contributed by atoms with Crippen molar-refractivity contribution in [2.75, 3.05) is 31.1 Å². The average molecular weight is 412 g/mol. The number of carbonyl (C=O) groups is 1. The number of nitrogens with one attached hydrogen (secondary N) is 1. The molecule has 150 valence electrons. The second-order valence-corrected chi connectivity index (χ2v) is 8.24. The Labute approximate surface area is 172 Å². The lowest BCUT2D eigenvalue weighted by Crippen LogP contribution is -2.44. The van der Waals surface area contributed by atoms with Gasteiger partial charge in [-0.1, -0.05) is 17.7 Å². The Bertz CT molecular complexity index is 1130. The molecule has 1 atom stereocenters. The van der Waals surface area contributed by atoms with Crippen molar-refractivity contribution in [2.24, 2.45) is 0 Å². The van der Waals surface area contributed by atoms with Crippen LogP contribution in [0.1, 0.15) is 35.8 Å². The van der Waals surface area contributed by atoms with Crippen molar-refractivity contribution < 1.29 is 4.79 Å². The maximum absolute atomic E-state index is 13.1. The predicted molar refractivity (Wildman–Crippen MR) is 113 cm³/mol. The van der Waals surface area contributed by atoms with Gasteiger partial charge in [-0.3, -0.25) is 9.59 Å². The zero-order valence-corrected chi connectivity index (χ0v) is 16.7. The Hall–Kier alpha value is -2.80. The molecule has 2 aliphatic heterocycles. The number of fused-ring (bicyclic) bond motifs is 1. The molecule has 5 rings (SSSR count). The van der Waals surface area contributed by atoms with Gasteiger partial charge in [-0.15, -0.1) is 0 Å². The van der Waals surface area contributed by atoms with Gasteiger partial charge < -0.3 is 14.8 Å². The van der Waals surface area contributed by atoms with E-state index in [9.17, 15) is 9.59 Å². The lowest BCUT2D eigenvalue weighted by molar-refractivity contribution is 0.0665. The maximum Gasteiger partial charge on any atom is 0.270 e. The number of piperidine rings is 1. The fourth-order valence-corrected chi connectivity index (χ4v) is 4.33. The van der Waals surface area contributed by atoms with Crippen molar-refractivity contribution in [3.8, 4) is 0 Å². The molecule has 2 fully saturated rings. The van der Waals surface area contributed by atoms with Gasteiger partial charge in [0.2, 0.25) is 0 Å². The van der Waals surface area contributed by atoms with Gasteiger partial charge in [0.15, 0.2) is 0 Å². The second kappa shape index (κ2) is 7.22. The first-order valence-electron chi connectivity index (χ1n) is 10.00. The number of nitrogens with zero attached hydrogens (tertiary/aromatic N) is 4. The molecule has 2 saturated heterocycles. The number of carbonyl (C=O) groups excluding carboxylic acids is 1. The number of amides is 1. The van der Waals surface area contributed by atoms with Gasteiger partial charge in [-0.25, -0.2) is 4.68 Å². The van der Waals surface area contributed by atoms with E-state index in [-0.39, 0.29) is 17.5 Å². The predicted octanol–water partition coefficient (Wildman–Crippen LogP) is 3.07. The SMILES string of the molecule is O=C(c1cc2ccc(Cl)cc2[nH]1)N1CCC[C@H](n2ncc(N3CCC3)cc2=O)C1. The van der Waals surface area contributed by atoms with Crippen LogP contribution in [0.15, 0.2) is 41.3 Å². The summed E-state index contributed by atoms with van der Waals surface area (Å²) in [5.74, 6) is -0.0627. The fraction of sp³-hybridized carbons (Fsp3) is 0.381. The van der Waals surface area contributed by atoms with E-state index >= 15 is 0 Å². The van der Waals surface area contributed by atoms with Crippen LogP contribution >= 0.6 is 11.6 Å². The third kappa shape index (κ3) is 3.40. The van der Waals surface area contributed by atoms with E-state index in [1.807, 2.05) is 24.3 Å². The molecule has 7 nitrogen and oxygen atoms in total. The van der Waals surface area contributed by atoms with Crippen LogP contribution in [0.3, 0.4) is 0 Å². The van der Waals surface area contributed by atoms with Crippen molar-refractivity contribution >= 4 is 34.1 Å². The average Bonchev–Trinajstić information content (AvgIpc) is 3.09. The first-order valence-corrected chi connectivity index (χ1v) is 10.4. The third-order valence-electron chi connectivity index (χ3n) is 5.88. The number of hydrogen-bond donors (Lipinski definition) is 1. The molecule has 29 heavy (non-hydrogen) atoms. The number of aromatic nitrogens is 3. The standard InChI is InChI=1S/C21H22ClN5O2/c22-15-5-4-14-9-19(24-18(14)10-15)21(29)26-6-1-3-16(13-26)27-20(28)11-17(12-23-27)25-7-2-8-25/h4-5,9-12,16,24H,1-3,6-8,13H2/t16-/m0/s1. The zero-order valence-electron chi connectivity index (χ0n) is 16.0. The number of H-pyrrole nitrogens is 1. The summed E-state index contributed by atoms with van der Waals surface area (Å²) < 4.78 is 1.54. The first kappa shape index (κ1) is 18.2. The molecular formula is C21H22ClN5O2. The fourth-order valence-electron chi connectivity index (χ4n) is 4.15. The summed E-state index contributed by atoms with van der Waals surface area (Å²) in [5, 5.41) is 6.00. The molecule has 1 amide bonds. The number of aromatic amines is 1. The van der Waals surface area contributed by atoms with Gasteiger partial charge in [0.05, 0.1) is 17.9 Å². The minimum atomic E-state index is -0.107. The highest BCUT2D eigenvalue weighted by molar-refractivity contribution is 6.31. The Morgan fingerprint density at radius 1 is 1.14 bits per heavy atom. The maximum atomic E-state index is 13.1. The molecule has 0 radical (unpaired) electrons. The minimum absolute atomic E-state index is 0.0627. The highest BCUT2D eigenvalue weighted by Crippen LogP contribution is 2.25. The van der Waals surface area contributed by atoms with E-state index in [0.29, 0.717) is 23.8 Å². The van der Waals surface area contributed by atoms with Crippen LogP contribution in [0.25, 0.3) is 10.9 Å². The smallest absolute Gasteiger partial charge is 0.270 e. The number of likely N-dealkylation sites (tertiary alicyclic amines) is 1. The molecule has 8 heteroatoms. The molecular weight excluding hydrogens is 390 g/mol. The van der Waals surface area contributed by atoms with Crippen LogP contribution in [-0.2, 0) is 0 Å². The lowest BCUT2D eigenvalue weighted by Gasteiger charge is -2.34. The lowest BCUT2D eigenvalue weighted by atomic mass is 10.1. The van der Waals surface area contributed by atoms with Crippen LogP contribution in [0.5, 0.6) is 0 Å². The summed E-state index contributed by atoms with van der Waals surface area (Å²) in [6.45, 7) is 3.11. The van der Waals surface area contributed by atoms with E-state index in [2.05, 4.69) is 15.0 Å². The first-order chi connectivity index (χ1) is 14.1. The van der Waals surface area contributed by atoms with Crippen LogP contribution in [0, 0.1) is 0 Å². The van der Waals surface area contributed by atoms with Gasteiger partial charge in [0.1, 0.15) is 5.69 Å². The number of benzene rings is 1. The van der Waals surface area contributed by atoms with Crippen molar-refractivity contribution in [1.29, 1.82) is 0 Å². The highest BCUT2D eigenvalue weighted by atomic mass is 35.5. The van der Waals surface area contributed by atoms with E-state index in [1.54, 1.807) is 17.2 Å². The topological polar surface area (TPSA) is 74.2 Å². The van der Waals surface area contributed by atoms with Crippen LogP contribution < -0.4 is 10.5 Å². The molecule has 2 aromatic heterocycles. The number of halogens is 1. The third-order valence-corrected chi connectivity index (χ3v) is 6.11. The van der Waals surface area contributed by atoms with Gasteiger partial charge in [-0.2, -0.15) is 5.10 Å². The van der Waals surface area contributed by atoms with Crippen LogP contribution in [0.4, 0.5) is 5.69 Å². The van der Waals surface area contributed by atoms with E-state index in [4.69, 9.17) is 11.6 Å². The summed E-state index contributed by atoms with van der Waals surface area (Å²) in [6, 6.07) is 8.93. The van der Waals surface area contributed by atoms with Crippen molar-refractivity contribution in [1.82, 2.24) is 19.7 Å². The van der Waals surface area contributed by atoms with Gasteiger partial charge in [0, 0.05) is 48.2 Å². The quantitative estimate of drug-likeness (QED) is 0.718. The minimum Gasteiger partial charge on any atom is -0.370 e. The van der Waals surface area contributed by atoms with Gasteiger partial charge >= 0.3 is 0 Å². The highest BCUT2D eigenvalue weighted by Gasteiger charge is 2.28. The summed E-state index contributed by atoms with van der Waals surface area (Å²) in [5.41, 5.74) is 2.16. The number of anilines is 1. The molecule has 0 aliphatic carbocycles. The molecule has 1 N–H and O–H groups in total. The Morgan fingerprint density at radius 2 is 2.00 bits per heavy atom. The number of rotatable bonds is 3. The molecule has 0 bridgehead atoms. The molecule has 0 unspecified atom stereocenters. The summed E-state index contributed by atoms with van der Waals surface area (Å²) >= 11 is 6.04. The Kier molecular flexibility index (Phi) is 4.54. The molecule has 3 aromatic rings. The Morgan fingerprint density at radius 3 is 2.76 bits per heavy atom. The van der Waals surface area contributed by atoms with Crippen LogP contribution in [-0.4, -0.2) is 51.8 Å². The summed E-state index contributed by atoms with van der Waals surface area (Å²) in [7, 11) is 0. The summed E-state index contributed by atoms with van der Waals surface area (Å²) in [4.78, 5) is 32.8. The molecule has 0 saturated carbocycles.